The number of aryl methyl sites for hydroxylation is 1. The fraction of sp³-hybridized carbons (Fsp3) is 0.643. The van der Waals surface area contributed by atoms with Gasteiger partial charge in [-0.3, -0.25) is 16.3 Å². The molecule has 2 heterocycles. The van der Waals surface area contributed by atoms with Crippen molar-refractivity contribution in [3.05, 3.63) is 29.6 Å². The van der Waals surface area contributed by atoms with Gasteiger partial charge in [0.1, 0.15) is 0 Å². The molecule has 98 valence electrons. The smallest absolute Gasteiger partial charge is 0.0495 e. The second-order valence-corrected chi connectivity index (χ2v) is 5.43. The van der Waals surface area contributed by atoms with Gasteiger partial charge in [-0.1, -0.05) is 6.07 Å². The summed E-state index contributed by atoms with van der Waals surface area (Å²) >= 11 is 0. The van der Waals surface area contributed by atoms with Gasteiger partial charge in [0.05, 0.1) is 0 Å². The van der Waals surface area contributed by atoms with E-state index < -0.39 is 0 Å². The highest BCUT2D eigenvalue weighted by Gasteiger charge is 2.32. The number of aromatic nitrogens is 1. The van der Waals surface area contributed by atoms with E-state index in [4.69, 9.17) is 10.6 Å². The van der Waals surface area contributed by atoms with Gasteiger partial charge in [-0.25, -0.2) is 0 Å². The maximum atomic E-state index is 5.77. The third-order valence-corrected chi connectivity index (χ3v) is 4.31. The van der Waals surface area contributed by atoms with Crippen LogP contribution in [-0.4, -0.2) is 24.2 Å². The summed E-state index contributed by atoms with van der Waals surface area (Å²) < 4.78 is 5.45. The summed E-state index contributed by atoms with van der Waals surface area (Å²) in [5, 5.41) is 0. The summed E-state index contributed by atoms with van der Waals surface area (Å²) in [5.41, 5.74) is 5.66. The minimum absolute atomic E-state index is 0.327. The molecule has 3 atom stereocenters. The molecule has 0 radical (unpaired) electrons. The van der Waals surface area contributed by atoms with Crippen molar-refractivity contribution in [1.82, 2.24) is 10.4 Å². The normalized spacial score (nSPS) is 28.3. The molecule has 2 aliphatic rings. The summed E-state index contributed by atoms with van der Waals surface area (Å²) in [4.78, 5) is 4.56. The Morgan fingerprint density at radius 1 is 1.50 bits per heavy atom. The fourth-order valence-corrected chi connectivity index (χ4v) is 3.31. The van der Waals surface area contributed by atoms with Gasteiger partial charge in [0.15, 0.2) is 0 Å². The van der Waals surface area contributed by atoms with Crippen molar-refractivity contribution in [1.29, 1.82) is 0 Å². The summed E-state index contributed by atoms with van der Waals surface area (Å²) in [5.74, 6) is 6.89. The Morgan fingerprint density at radius 2 is 2.44 bits per heavy atom. The van der Waals surface area contributed by atoms with Crippen LogP contribution in [0.15, 0.2) is 18.3 Å². The summed E-state index contributed by atoms with van der Waals surface area (Å²) in [6.07, 6.45) is 6.45. The van der Waals surface area contributed by atoms with Gasteiger partial charge < -0.3 is 4.74 Å². The molecule has 0 bridgehead atoms. The molecular formula is C14H21N3O. The molecule has 3 rings (SSSR count). The van der Waals surface area contributed by atoms with Crippen molar-refractivity contribution in [2.75, 3.05) is 13.2 Å². The van der Waals surface area contributed by atoms with Crippen LogP contribution in [0.4, 0.5) is 0 Å². The van der Waals surface area contributed by atoms with E-state index in [1.165, 1.54) is 17.7 Å². The number of fused-ring (bicyclic) bond motifs is 1. The molecule has 0 aromatic carbocycles. The highest BCUT2D eigenvalue weighted by molar-refractivity contribution is 5.29. The van der Waals surface area contributed by atoms with Crippen molar-refractivity contribution in [2.45, 2.75) is 37.6 Å². The lowest BCUT2D eigenvalue weighted by Crippen LogP contribution is -2.41. The Morgan fingerprint density at radius 3 is 3.22 bits per heavy atom. The number of hydrogen-bond acceptors (Lipinski definition) is 4. The molecule has 0 amide bonds. The predicted molar refractivity (Wildman–Crippen MR) is 70.0 cm³/mol. The van der Waals surface area contributed by atoms with Crippen LogP contribution in [0, 0.1) is 5.92 Å². The first-order valence-electron chi connectivity index (χ1n) is 6.86. The van der Waals surface area contributed by atoms with Gasteiger partial charge in [0.2, 0.25) is 0 Å². The lowest BCUT2D eigenvalue weighted by atomic mass is 9.89. The Kier molecular flexibility index (Phi) is 3.59. The number of ether oxygens (including phenoxy) is 1. The zero-order valence-corrected chi connectivity index (χ0v) is 10.6. The highest BCUT2D eigenvalue weighted by Crippen LogP contribution is 2.36. The van der Waals surface area contributed by atoms with E-state index in [0.717, 1.165) is 32.5 Å². The lowest BCUT2D eigenvalue weighted by Gasteiger charge is -2.25. The topological polar surface area (TPSA) is 60.2 Å². The minimum atomic E-state index is 0.327. The maximum Gasteiger partial charge on any atom is 0.0495 e. The van der Waals surface area contributed by atoms with Gasteiger partial charge in [0.25, 0.3) is 0 Å². The Labute approximate surface area is 108 Å². The first kappa shape index (κ1) is 12.1. The van der Waals surface area contributed by atoms with E-state index in [-0.39, 0.29) is 0 Å². The SMILES string of the molecule is NNC(CC1CCOC1)C1CCc2cccnc21. The number of pyridine rings is 1. The van der Waals surface area contributed by atoms with Gasteiger partial charge in [0, 0.05) is 37.1 Å². The third kappa shape index (κ3) is 2.28. The largest absolute Gasteiger partial charge is 0.381 e. The molecule has 1 aromatic rings. The minimum Gasteiger partial charge on any atom is -0.381 e. The number of nitrogens with two attached hydrogens (primary N) is 1. The molecule has 4 nitrogen and oxygen atoms in total. The zero-order valence-electron chi connectivity index (χ0n) is 10.6. The number of nitrogens with one attached hydrogen (secondary N) is 1. The first-order chi connectivity index (χ1) is 8.88. The molecule has 0 spiro atoms. The van der Waals surface area contributed by atoms with Crippen LogP contribution in [0.25, 0.3) is 0 Å². The van der Waals surface area contributed by atoms with Gasteiger partial charge >= 0.3 is 0 Å². The second-order valence-electron chi connectivity index (χ2n) is 5.43. The van der Waals surface area contributed by atoms with Gasteiger partial charge in [-0.05, 0) is 43.2 Å². The van der Waals surface area contributed by atoms with Gasteiger partial charge in [-0.15, -0.1) is 0 Å². The van der Waals surface area contributed by atoms with Crippen molar-refractivity contribution >= 4 is 0 Å². The molecule has 1 saturated heterocycles. The standard InChI is InChI=1S/C14H21N3O/c15-17-13(8-10-5-7-18-9-10)12-4-3-11-2-1-6-16-14(11)12/h1-2,6,10,12-13,17H,3-5,7-9,15H2. The highest BCUT2D eigenvalue weighted by atomic mass is 16.5. The quantitative estimate of drug-likeness (QED) is 0.623. The molecule has 4 heteroatoms. The van der Waals surface area contributed by atoms with Crippen LogP contribution in [-0.2, 0) is 11.2 Å². The number of rotatable bonds is 4. The molecular weight excluding hydrogens is 226 g/mol. The fourth-order valence-electron chi connectivity index (χ4n) is 3.31. The zero-order chi connectivity index (χ0) is 12.4. The average molecular weight is 247 g/mol. The molecule has 3 unspecified atom stereocenters. The van der Waals surface area contributed by atoms with Crippen LogP contribution in [0.1, 0.15) is 36.4 Å². The van der Waals surface area contributed by atoms with E-state index in [2.05, 4.69) is 16.5 Å². The summed E-state index contributed by atoms with van der Waals surface area (Å²) in [7, 11) is 0. The summed E-state index contributed by atoms with van der Waals surface area (Å²) in [6.45, 7) is 1.79. The van der Waals surface area contributed by atoms with Gasteiger partial charge in [-0.2, -0.15) is 0 Å². The monoisotopic (exact) mass is 247 g/mol. The molecule has 0 saturated carbocycles. The lowest BCUT2D eigenvalue weighted by molar-refractivity contribution is 0.179. The van der Waals surface area contributed by atoms with Crippen LogP contribution >= 0.6 is 0 Å². The van der Waals surface area contributed by atoms with Crippen LogP contribution in [0.2, 0.25) is 0 Å². The molecule has 1 aliphatic carbocycles. The Hall–Kier alpha value is -0.970. The van der Waals surface area contributed by atoms with Crippen molar-refractivity contribution in [2.24, 2.45) is 11.8 Å². The molecule has 3 N–H and O–H groups in total. The van der Waals surface area contributed by atoms with Crippen molar-refractivity contribution in [3.8, 4) is 0 Å². The number of hydrogen-bond donors (Lipinski definition) is 2. The van der Waals surface area contributed by atoms with E-state index in [1.807, 2.05) is 12.3 Å². The van der Waals surface area contributed by atoms with Crippen LogP contribution in [0.3, 0.4) is 0 Å². The van der Waals surface area contributed by atoms with Crippen molar-refractivity contribution in [3.63, 3.8) is 0 Å². The molecule has 1 fully saturated rings. The van der Waals surface area contributed by atoms with E-state index >= 15 is 0 Å². The molecule has 18 heavy (non-hydrogen) atoms. The van der Waals surface area contributed by atoms with Crippen molar-refractivity contribution < 1.29 is 4.74 Å². The second kappa shape index (κ2) is 5.34. The molecule has 1 aromatic heterocycles. The van der Waals surface area contributed by atoms with E-state index in [9.17, 15) is 0 Å². The van der Waals surface area contributed by atoms with E-state index in [0.29, 0.717) is 17.9 Å². The average Bonchev–Trinajstić information content (AvgIpc) is 3.05. The first-order valence-corrected chi connectivity index (χ1v) is 6.86. The van der Waals surface area contributed by atoms with Crippen LogP contribution < -0.4 is 11.3 Å². The predicted octanol–water partition coefficient (Wildman–Crippen LogP) is 1.37. The van der Waals surface area contributed by atoms with E-state index in [1.54, 1.807) is 0 Å². The van der Waals surface area contributed by atoms with Crippen LogP contribution in [0.5, 0.6) is 0 Å². The summed E-state index contributed by atoms with van der Waals surface area (Å²) in [6, 6.07) is 4.54. The number of nitrogens with zero attached hydrogens (tertiary/aromatic N) is 1. The third-order valence-electron chi connectivity index (χ3n) is 4.31. The Balaban J connectivity index is 1.72. The maximum absolute atomic E-state index is 5.77. The number of hydrazine groups is 1. The Bertz CT molecular complexity index is 404. The molecule has 1 aliphatic heterocycles.